The number of nitrogens with one attached hydrogen (secondary N) is 1. The minimum atomic E-state index is 0.0440. The number of hydrogen-bond acceptors (Lipinski definition) is 3. The Bertz CT molecular complexity index is 769. The maximum Gasteiger partial charge on any atom is 0.252 e. The molecule has 2 fully saturated rings. The van der Waals surface area contributed by atoms with Gasteiger partial charge in [-0.2, -0.15) is 0 Å². The molecule has 3 atom stereocenters. The monoisotopic (exact) mass is 312 g/mol. The maximum atomic E-state index is 12.4. The predicted octanol–water partition coefficient (Wildman–Crippen LogP) is 2.69. The molecule has 2 aliphatic rings. The van der Waals surface area contributed by atoms with E-state index in [-0.39, 0.29) is 5.56 Å². The van der Waals surface area contributed by atoms with Crippen LogP contribution in [-0.2, 0) is 11.3 Å². The van der Waals surface area contributed by atoms with E-state index < -0.39 is 0 Å². The molecular weight excluding hydrogens is 288 g/mol. The van der Waals surface area contributed by atoms with Crippen LogP contribution >= 0.6 is 0 Å². The minimum Gasteiger partial charge on any atom is -0.381 e. The van der Waals surface area contributed by atoms with Gasteiger partial charge in [0.1, 0.15) is 0 Å². The third kappa shape index (κ3) is 2.70. The first-order chi connectivity index (χ1) is 11.1. The fourth-order valence-corrected chi connectivity index (χ4v) is 4.51. The first-order valence-corrected chi connectivity index (χ1v) is 8.52. The molecule has 2 bridgehead atoms. The van der Waals surface area contributed by atoms with Crippen LogP contribution in [0.5, 0.6) is 0 Å². The molecular formula is C19H24N2O2. The van der Waals surface area contributed by atoms with Crippen molar-refractivity contribution < 1.29 is 4.74 Å². The molecule has 1 N–H and O–H groups in total. The van der Waals surface area contributed by atoms with E-state index in [1.54, 1.807) is 0 Å². The van der Waals surface area contributed by atoms with E-state index in [0.717, 1.165) is 36.1 Å². The number of aromatic amines is 1. The molecule has 1 saturated heterocycles. The van der Waals surface area contributed by atoms with Gasteiger partial charge in [0, 0.05) is 37.8 Å². The average molecular weight is 312 g/mol. The van der Waals surface area contributed by atoms with Crippen LogP contribution in [0.15, 0.2) is 29.1 Å². The number of hydrogen-bond donors (Lipinski definition) is 1. The number of aromatic nitrogens is 1. The first kappa shape index (κ1) is 14.9. The van der Waals surface area contributed by atoms with Crippen molar-refractivity contribution >= 4 is 10.9 Å². The number of H-pyrrole nitrogens is 1. The zero-order valence-corrected chi connectivity index (χ0v) is 13.8. The molecule has 1 saturated carbocycles. The summed E-state index contributed by atoms with van der Waals surface area (Å²) in [4.78, 5) is 17.8. The topological polar surface area (TPSA) is 45.3 Å². The highest BCUT2D eigenvalue weighted by atomic mass is 16.5. The summed E-state index contributed by atoms with van der Waals surface area (Å²) < 4.78 is 5.68. The second kappa shape index (κ2) is 5.77. The highest BCUT2D eigenvalue weighted by Crippen LogP contribution is 2.38. The van der Waals surface area contributed by atoms with Gasteiger partial charge >= 0.3 is 0 Å². The Morgan fingerprint density at radius 2 is 1.96 bits per heavy atom. The number of likely N-dealkylation sites (tertiary alicyclic amines) is 1. The molecule has 1 aromatic carbocycles. The van der Waals surface area contributed by atoms with Crippen LogP contribution in [0.4, 0.5) is 0 Å². The smallest absolute Gasteiger partial charge is 0.252 e. The summed E-state index contributed by atoms with van der Waals surface area (Å²) in [6.45, 7) is 4.90. The van der Waals surface area contributed by atoms with Crippen LogP contribution in [0.3, 0.4) is 0 Å². The summed E-state index contributed by atoms with van der Waals surface area (Å²) >= 11 is 0. The van der Waals surface area contributed by atoms with Crippen LogP contribution in [0, 0.1) is 18.8 Å². The summed E-state index contributed by atoms with van der Waals surface area (Å²) in [6.07, 6.45) is 2.93. The van der Waals surface area contributed by atoms with Gasteiger partial charge in [0.25, 0.3) is 5.56 Å². The number of rotatable bonds is 3. The second-order valence-corrected chi connectivity index (χ2v) is 7.21. The molecule has 4 nitrogen and oxygen atoms in total. The molecule has 2 heterocycles. The highest BCUT2D eigenvalue weighted by Gasteiger charge is 2.42. The molecule has 1 unspecified atom stereocenters. The Labute approximate surface area is 136 Å². The lowest BCUT2D eigenvalue weighted by atomic mass is 9.94. The van der Waals surface area contributed by atoms with Crippen LogP contribution in [-0.4, -0.2) is 36.2 Å². The summed E-state index contributed by atoms with van der Waals surface area (Å²) in [6, 6.07) is 8.21. The van der Waals surface area contributed by atoms with Gasteiger partial charge in [0.2, 0.25) is 0 Å². The number of aryl methyl sites for hydroxylation is 1. The first-order valence-electron chi connectivity index (χ1n) is 8.52. The average Bonchev–Trinajstić information content (AvgIpc) is 2.78. The van der Waals surface area contributed by atoms with Crippen LogP contribution in [0.25, 0.3) is 10.9 Å². The third-order valence-electron chi connectivity index (χ3n) is 5.57. The van der Waals surface area contributed by atoms with Gasteiger partial charge in [-0.1, -0.05) is 11.6 Å². The Morgan fingerprint density at radius 1 is 1.22 bits per heavy atom. The SMILES string of the molecule is COC1[C@@H]2CC[C@H]1CN(Cc1cc3cc(C)ccc3[nH]c1=O)C2. The van der Waals surface area contributed by atoms with Crippen molar-refractivity contribution in [3.8, 4) is 0 Å². The van der Waals surface area contributed by atoms with E-state index in [1.165, 1.54) is 18.4 Å². The number of benzene rings is 1. The van der Waals surface area contributed by atoms with Crippen LogP contribution in [0.2, 0.25) is 0 Å². The molecule has 4 rings (SSSR count). The molecule has 1 aliphatic carbocycles. The van der Waals surface area contributed by atoms with Gasteiger partial charge in [-0.05, 0) is 55.2 Å². The van der Waals surface area contributed by atoms with Crippen molar-refractivity contribution in [3.05, 3.63) is 45.7 Å². The lowest BCUT2D eigenvalue weighted by Gasteiger charge is -2.37. The normalized spacial score (nSPS) is 27.7. The van der Waals surface area contributed by atoms with Crippen molar-refractivity contribution in [2.45, 2.75) is 32.4 Å². The van der Waals surface area contributed by atoms with Crippen molar-refractivity contribution in [2.75, 3.05) is 20.2 Å². The van der Waals surface area contributed by atoms with Crippen molar-refractivity contribution in [3.63, 3.8) is 0 Å². The van der Waals surface area contributed by atoms with Gasteiger partial charge in [-0.3, -0.25) is 9.69 Å². The lowest BCUT2D eigenvalue weighted by molar-refractivity contribution is -0.0180. The quantitative estimate of drug-likeness (QED) is 0.948. The summed E-state index contributed by atoms with van der Waals surface area (Å²) in [7, 11) is 1.84. The Morgan fingerprint density at radius 3 is 2.65 bits per heavy atom. The van der Waals surface area contributed by atoms with E-state index in [0.29, 0.717) is 17.9 Å². The number of pyridine rings is 1. The van der Waals surface area contributed by atoms with Crippen molar-refractivity contribution in [2.24, 2.45) is 11.8 Å². The molecule has 122 valence electrons. The Kier molecular flexibility index (Phi) is 3.74. The van der Waals surface area contributed by atoms with E-state index >= 15 is 0 Å². The van der Waals surface area contributed by atoms with Crippen LogP contribution < -0.4 is 5.56 Å². The minimum absolute atomic E-state index is 0.0440. The van der Waals surface area contributed by atoms with Crippen LogP contribution in [0.1, 0.15) is 24.0 Å². The van der Waals surface area contributed by atoms with Gasteiger partial charge in [0.05, 0.1) is 6.10 Å². The molecule has 0 radical (unpaired) electrons. The Balaban J connectivity index is 1.58. The largest absolute Gasteiger partial charge is 0.381 e. The number of piperidine rings is 1. The second-order valence-electron chi connectivity index (χ2n) is 7.21. The van der Waals surface area contributed by atoms with E-state index in [9.17, 15) is 4.79 Å². The molecule has 2 aromatic rings. The summed E-state index contributed by atoms with van der Waals surface area (Å²) in [5, 5.41) is 1.12. The lowest BCUT2D eigenvalue weighted by Crippen LogP contribution is -2.45. The predicted molar refractivity (Wildman–Crippen MR) is 91.6 cm³/mol. The number of methoxy groups -OCH3 is 1. The highest BCUT2D eigenvalue weighted by molar-refractivity contribution is 5.79. The standard InChI is InChI=1S/C19H24N2O2/c1-12-3-6-17-15(7-12)8-16(19(22)20-17)11-21-9-13-4-5-14(10-21)18(13)23-2/h3,6-8,13-14,18H,4-5,9-11H2,1-2H3,(H,20,22)/t13-,14+,18?. The molecule has 23 heavy (non-hydrogen) atoms. The summed E-state index contributed by atoms with van der Waals surface area (Å²) in [5.74, 6) is 1.25. The fraction of sp³-hybridized carbons (Fsp3) is 0.526. The number of fused-ring (bicyclic) bond motifs is 3. The van der Waals surface area contributed by atoms with Gasteiger partial charge in [-0.15, -0.1) is 0 Å². The molecule has 1 aliphatic heterocycles. The molecule has 0 amide bonds. The maximum absolute atomic E-state index is 12.4. The van der Waals surface area contributed by atoms with Crippen molar-refractivity contribution in [1.82, 2.24) is 9.88 Å². The van der Waals surface area contributed by atoms with Gasteiger partial charge in [0.15, 0.2) is 0 Å². The zero-order valence-electron chi connectivity index (χ0n) is 13.8. The summed E-state index contributed by atoms with van der Waals surface area (Å²) in [5.41, 5.74) is 3.05. The van der Waals surface area contributed by atoms with Crippen molar-refractivity contribution in [1.29, 1.82) is 0 Å². The molecule has 0 spiro atoms. The zero-order chi connectivity index (χ0) is 16.0. The van der Waals surface area contributed by atoms with E-state index in [1.807, 2.05) is 19.2 Å². The Hall–Kier alpha value is -1.65. The molecule has 1 aromatic heterocycles. The number of ether oxygens (including phenoxy) is 1. The van der Waals surface area contributed by atoms with Gasteiger partial charge in [-0.25, -0.2) is 0 Å². The van der Waals surface area contributed by atoms with Gasteiger partial charge < -0.3 is 9.72 Å². The number of nitrogens with zero attached hydrogens (tertiary/aromatic N) is 1. The third-order valence-corrected chi connectivity index (χ3v) is 5.57. The van der Waals surface area contributed by atoms with E-state index in [4.69, 9.17) is 4.74 Å². The molecule has 4 heteroatoms. The van der Waals surface area contributed by atoms with E-state index in [2.05, 4.69) is 28.9 Å². The fourth-order valence-electron chi connectivity index (χ4n) is 4.51.